The summed E-state index contributed by atoms with van der Waals surface area (Å²) in [5, 5.41) is 9.35. The zero-order valence-electron chi connectivity index (χ0n) is 18.5. The number of anilines is 2. The average molecular weight is 451 g/mol. The Labute approximate surface area is 192 Å². The second kappa shape index (κ2) is 9.50. The van der Waals surface area contributed by atoms with Gasteiger partial charge in [0, 0.05) is 43.5 Å². The number of hydrogen-bond acceptors (Lipinski definition) is 7. The van der Waals surface area contributed by atoms with Crippen LogP contribution in [0.4, 0.5) is 11.6 Å². The number of likely N-dealkylation sites (N-methyl/N-ethyl adjacent to an activating group) is 1. The lowest BCUT2D eigenvalue weighted by atomic mass is 10.0. The lowest BCUT2D eigenvalue weighted by Gasteiger charge is -2.19. The first-order valence-electron chi connectivity index (χ1n) is 10.7. The number of nitrogens with zero attached hydrogens (tertiary/aromatic N) is 6. The number of pyridine rings is 1. The van der Waals surface area contributed by atoms with Gasteiger partial charge in [-0.2, -0.15) is 5.10 Å². The van der Waals surface area contributed by atoms with E-state index in [1.54, 1.807) is 10.9 Å². The van der Waals surface area contributed by atoms with Gasteiger partial charge in [0.1, 0.15) is 17.1 Å². The molecule has 0 saturated carbocycles. The number of rotatable bonds is 8. The normalized spacial score (nSPS) is 11.4. The van der Waals surface area contributed by atoms with Gasteiger partial charge in [0.05, 0.1) is 10.5 Å². The zero-order valence-corrected chi connectivity index (χ0v) is 19.3. The number of nitrogen functional groups attached to an aromatic ring is 1. The molecule has 0 unspecified atom stereocenters. The van der Waals surface area contributed by atoms with Crippen molar-refractivity contribution in [2.45, 2.75) is 13.8 Å². The third kappa shape index (κ3) is 4.51. The molecule has 1 aromatic carbocycles. The first kappa shape index (κ1) is 22.0. The van der Waals surface area contributed by atoms with Gasteiger partial charge in [-0.15, -0.1) is 0 Å². The van der Waals surface area contributed by atoms with E-state index in [1.165, 1.54) is 0 Å². The summed E-state index contributed by atoms with van der Waals surface area (Å²) in [7, 11) is 1.86. The molecular weight excluding hydrogens is 424 g/mol. The second-order valence-corrected chi connectivity index (χ2v) is 7.92. The maximum atomic E-state index is 6.56. The van der Waals surface area contributed by atoms with Crippen LogP contribution in [-0.2, 0) is 7.05 Å². The lowest BCUT2D eigenvalue weighted by molar-refractivity contribution is 0.316. The summed E-state index contributed by atoms with van der Waals surface area (Å²) >= 11 is 6.56. The highest BCUT2D eigenvalue weighted by molar-refractivity contribution is 6.35. The number of nitrogens with one attached hydrogen (secondary N) is 1. The molecule has 0 saturated heterocycles. The average Bonchev–Trinajstić information content (AvgIpc) is 3.23. The van der Waals surface area contributed by atoms with Gasteiger partial charge < -0.3 is 16.0 Å². The van der Waals surface area contributed by atoms with Crippen LogP contribution in [0.2, 0.25) is 5.02 Å². The van der Waals surface area contributed by atoms with Gasteiger partial charge in [-0.1, -0.05) is 31.5 Å². The van der Waals surface area contributed by atoms with E-state index in [1.807, 2.05) is 43.6 Å². The van der Waals surface area contributed by atoms with Crippen LogP contribution in [0.5, 0.6) is 0 Å². The van der Waals surface area contributed by atoms with Crippen LogP contribution in [0.1, 0.15) is 13.8 Å². The molecule has 0 atom stereocenters. The Balaban J connectivity index is 1.79. The maximum absolute atomic E-state index is 6.56. The smallest absolute Gasteiger partial charge is 0.169 e. The fourth-order valence-electron chi connectivity index (χ4n) is 3.66. The fourth-order valence-corrected chi connectivity index (χ4v) is 3.93. The zero-order chi connectivity index (χ0) is 22.7. The SMILES string of the molecule is CCN(CC)CCNc1nc(-c2cc(Cl)c3ncccc3c2)c(-c2ccn(C)n2)nc1N. The van der Waals surface area contributed by atoms with E-state index < -0.39 is 0 Å². The topological polar surface area (TPSA) is 97.8 Å². The summed E-state index contributed by atoms with van der Waals surface area (Å²) in [6.07, 6.45) is 3.60. The van der Waals surface area contributed by atoms with E-state index in [9.17, 15) is 0 Å². The first-order valence-corrected chi connectivity index (χ1v) is 11.1. The Bertz CT molecular complexity index is 1230. The molecule has 0 aliphatic heterocycles. The van der Waals surface area contributed by atoms with Crippen molar-refractivity contribution < 1.29 is 0 Å². The number of hydrogen-bond donors (Lipinski definition) is 2. The molecule has 0 spiro atoms. The largest absolute Gasteiger partial charge is 0.381 e. The molecule has 3 N–H and O–H groups in total. The predicted molar refractivity (Wildman–Crippen MR) is 131 cm³/mol. The van der Waals surface area contributed by atoms with Gasteiger partial charge in [0.25, 0.3) is 0 Å². The van der Waals surface area contributed by atoms with E-state index >= 15 is 0 Å². The van der Waals surface area contributed by atoms with Crippen molar-refractivity contribution in [2.24, 2.45) is 7.05 Å². The van der Waals surface area contributed by atoms with Crippen LogP contribution in [-0.4, -0.2) is 55.8 Å². The molecule has 0 aliphatic rings. The van der Waals surface area contributed by atoms with Gasteiger partial charge in [0.15, 0.2) is 11.6 Å². The Hall–Kier alpha value is -3.23. The van der Waals surface area contributed by atoms with Crippen molar-refractivity contribution in [2.75, 3.05) is 37.2 Å². The molecule has 3 aromatic heterocycles. The Morgan fingerprint density at radius 1 is 1.12 bits per heavy atom. The van der Waals surface area contributed by atoms with Crippen molar-refractivity contribution in [1.82, 2.24) is 29.6 Å². The summed E-state index contributed by atoms with van der Waals surface area (Å²) in [5.74, 6) is 0.886. The highest BCUT2D eigenvalue weighted by atomic mass is 35.5. The van der Waals surface area contributed by atoms with Gasteiger partial charge in [-0.05, 0) is 37.4 Å². The molecule has 0 radical (unpaired) electrons. The van der Waals surface area contributed by atoms with Gasteiger partial charge in [0.2, 0.25) is 0 Å². The summed E-state index contributed by atoms with van der Waals surface area (Å²) in [4.78, 5) is 16.3. The standard InChI is InChI=1S/C23H27ClN8/c1-4-32(5-2)12-10-27-23-22(25)28-21(18-8-11-31(3)30-18)20(29-23)16-13-15-7-6-9-26-19(15)17(24)14-16/h6-9,11,13-14H,4-5,10,12H2,1-3H3,(H2,25,28)(H,27,29). The number of aryl methyl sites for hydroxylation is 1. The molecule has 9 heteroatoms. The van der Waals surface area contributed by atoms with Crippen molar-refractivity contribution in [3.05, 3.63) is 47.7 Å². The molecule has 8 nitrogen and oxygen atoms in total. The molecule has 32 heavy (non-hydrogen) atoms. The van der Waals surface area contributed by atoms with E-state index in [0.29, 0.717) is 40.3 Å². The number of halogens is 1. The number of aromatic nitrogens is 5. The highest BCUT2D eigenvalue weighted by Gasteiger charge is 2.19. The van der Waals surface area contributed by atoms with E-state index in [0.717, 1.165) is 36.1 Å². The summed E-state index contributed by atoms with van der Waals surface area (Å²) in [6, 6.07) is 9.64. The van der Waals surface area contributed by atoms with Crippen LogP contribution in [0.25, 0.3) is 33.5 Å². The molecule has 0 aliphatic carbocycles. The second-order valence-electron chi connectivity index (χ2n) is 7.52. The molecule has 0 amide bonds. The van der Waals surface area contributed by atoms with E-state index in [2.05, 4.69) is 39.1 Å². The van der Waals surface area contributed by atoms with Crippen molar-refractivity contribution in [3.63, 3.8) is 0 Å². The number of nitrogens with two attached hydrogens (primary N) is 1. The Morgan fingerprint density at radius 3 is 2.66 bits per heavy atom. The van der Waals surface area contributed by atoms with E-state index in [-0.39, 0.29) is 0 Å². The van der Waals surface area contributed by atoms with Crippen LogP contribution < -0.4 is 11.1 Å². The first-order chi connectivity index (χ1) is 15.5. The van der Waals surface area contributed by atoms with E-state index in [4.69, 9.17) is 22.3 Å². The van der Waals surface area contributed by atoms with Gasteiger partial charge in [-0.25, -0.2) is 9.97 Å². The molecule has 4 rings (SSSR count). The van der Waals surface area contributed by atoms with Crippen LogP contribution in [0.3, 0.4) is 0 Å². The lowest BCUT2D eigenvalue weighted by Crippen LogP contribution is -2.29. The van der Waals surface area contributed by atoms with Crippen molar-refractivity contribution in [1.29, 1.82) is 0 Å². The monoisotopic (exact) mass is 450 g/mol. The van der Waals surface area contributed by atoms with Gasteiger partial charge >= 0.3 is 0 Å². The van der Waals surface area contributed by atoms with Crippen LogP contribution in [0.15, 0.2) is 42.7 Å². The minimum atomic E-state index is 0.336. The summed E-state index contributed by atoms with van der Waals surface area (Å²) in [6.45, 7) is 7.88. The van der Waals surface area contributed by atoms with Crippen molar-refractivity contribution >= 4 is 34.1 Å². The number of benzene rings is 1. The molecule has 166 valence electrons. The maximum Gasteiger partial charge on any atom is 0.169 e. The third-order valence-electron chi connectivity index (χ3n) is 5.43. The summed E-state index contributed by atoms with van der Waals surface area (Å²) < 4.78 is 1.73. The molecule has 4 aromatic rings. The summed E-state index contributed by atoms with van der Waals surface area (Å²) in [5.41, 5.74) is 9.84. The minimum absolute atomic E-state index is 0.336. The Morgan fingerprint density at radius 2 is 1.94 bits per heavy atom. The third-order valence-corrected chi connectivity index (χ3v) is 5.71. The minimum Gasteiger partial charge on any atom is -0.381 e. The predicted octanol–water partition coefficient (Wildman–Crippen LogP) is 4.08. The quantitative estimate of drug-likeness (QED) is 0.417. The molecule has 0 bridgehead atoms. The van der Waals surface area contributed by atoms with Crippen LogP contribution >= 0.6 is 11.6 Å². The van der Waals surface area contributed by atoms with Gasteiger partial charge in [-0.3, -0.25) is 9.67 Å². The Kier molecular flexibility index (Phi) is 6.53. The molecule has 3 heterocycles. The van der Waals surface area contributed by atoms with Crippen LogP contribution in [0, 0.1) is 0 Å². The fraction of sp³-hybridized carbons (Fsp3) is 0.304. The molecular formula is C23H27ClN8. The number of fused-ring (bicyclic) bond motifs is 1. The van der Waals surface area contributed by atoms with Crippen molar-refractivity contribution in [3.8, 4) is 22.6 Å². The molecule has 0 fully saturated rings. The highest BCUT2D eigenvalue weighted by Crippen LogP contribution is 2.35.